The Kier molecular flexibility index (Phi) is 3.45. The lowest BCUT2D eigenvalue weighted by molar-refractivity contribution is -0.115. The molecule has 0 aliphatic rings. The summed E-state index contributed by atoms with van der Waals surface area (Å²) in [6.07, 6.45) is 1.95. The van der Waals surface area contributed by atoms with Gasteiger partial charge in [-0.15, -0.1) is 0 Å². The maximum Gasteiger partial charge on any atom is 0.125 e. The fourth-order valence-electron chi connectivity index (χ4n) is 1.74. The Labute approximate surface area is 86.1 Å². The molecule has 0 aliphatic carbocycles. The number of carbonyl (C=O) groups is 1. The molecule has 1 atom stereocenters. The SMILES string of the molecule is C[C@H](CC(C)(C)C=O)c1ccccc1. The zero-order valence-electron chi connectivity index (χ0n) is 9.16. The molecule has 0 fully saturated rings. The second-order valence-corrected chi connectivity index (χ2v) is 4.62. The van der Waals surface area contributed by atoms with Gasteiger partial charge in [0.05, 0.1) is 0 Å². The average Bonchev–Trinajstić information content (AvgIpc) is 2.19. The van der Waals surface area contributed by atoms with Gasteiger partial charge >= 0.3 is 0 Å². The molecule has 0 saturated carbocycles. The first kappa shape index (κ1) is 11.0. The van der Waals surface area contributed by atoms with Crippen molar-refractivity contribution >= 4 is 6.29 Å². The van der Waals surface area contributed by atoms with Crippen LogP contribution in [-0.4, -0.2) is 6.29 Å². The van der Waals surface area contributed by atoms with Gasteiger partial charge in [0.2, 0.25) is 0 Å². The van der Waals surface area contributed by atoms with Crippen LogP contribution >= 0.6 is 0 Å². The van der Waals surface area contributed by atoms with Crippen LogP contribution in [0.1, 0.15) is 38.7 Å². The fraction of sp³-hybridized carbons (Fsp3) is 0.462. The maximum absolute atomic E-state index is 10.8. The van der Waals surface area contributed by atoms with E-state index < -0.39 is 0 Å². The zero-order chi connectivity index (χ0) is 10.6. The first-order valence-corrected chi connectivity index (χ1v) is 5.06. The number of rotatable bonds is 4. The van der Waals surface area contributed by atoms with E-state index in [0.29, 0.717) is 5.92 Å². The largest absolute Gasteiger partial charge is 0.303 e. The first-order valence-electron chi connectivity index (χ1n) is 5.06. The molecule has 1 nitrogen and oxygen atoms in total. The molecule has 0 radical (unpaired) electrons. The molecule has 0 unspecified atom stereocenters. The smallest absolute Gasteiger partial charge is 0.125 e. The highest BCUT2D eigenvalue weighted by atomic mass is 16.1. The van der Waals surface area contributed by atoms with E-state index in [1.807, 2.05) is 32.0 Å². The summed E-state index contributed by atoms with van der Waals surface area (Å²) in [6.45, 7) is 6.14. The highest BCUT2D eigenvalue weighted by molar-refractivity contribution is 5.58. The Hall–Kier alpha value is -1.11. The maximum atomic E-state index is 10.8. The first-order chi connectivity index (χ1) is 6.55. The minimum Gasteiger partial charge on any atom is -0.303 e. The van der Waals surface area contributed by atoms with Crippen LogP contribution < -0.4 is 0 Å². The van der Waals surface area contributed by atoms with Crippen LogP contribution in [0.3, 0.4) is 0 Å². The molecule has 0 heterocycles. The van der Waals surface area contributed by atoms with E-state index in [1.165, 1.54) is 5.56 Å². The molecule has 1 heteroatoms. The van der Waals surface area contributed by atoms with Gasteiger partial charge in [0, 0.05) is 5.41 Å². The van der Waals surface area contributed by atoms with Gasteiger partial charge in [-0.05, 0) is 17.9 Å². The van der Waals surface area contributed by atoms with E-state index in [4.69, 9.17) is 0 Å². The lowest BCUT2D eigenvalue weighted by Crippen LogP contribution is -2.16. The summed E-state index contributed by atoms with van der Waals surface area (Å²) < 4.78 is 0. The molecule has 14 heavy (non-hydrogen) atoms. The molecule has 1 aromatic carbocycles. The Balaban J connectivity index is 2.68. The molecule has 0 N–H and O–H groups in total. The van der Waals surface area contributed by atoms with Crippen molar-refractivity contribution < 1.29 is 4.79 Å². The number of hydrogen-bond acceptors (Lipinski definition) is 1. The molecule has 76 valence electrons. The van der Waals surface area contributed by atoms with Gasteiger partial charge in [0.15, 0.2) is 0 Å². The van der Waals surface area contributed by atoms with Gasteiger partial charge in [-0.1, -0.05) is 51.1 Å². The van der Waals surface area contributed by atoms with Gasteiger partial charge in [-0.2, -0.15) is 0 Å². The molecule has 0 amide bonds. The van der Waals surface area contributed by atoms with Crippen LogP contribution in [0.4, 0.5) is 0 Å². The molecule has 0 saturated heterocycles. The predicted octanol–water partition coefficient (Wildman–Crippen LogP) is 3.41. The van der Waals surface area contributed by atoms with E-state index in [2.05, 4.69) is 19.1 Å². The van der Waals surface area contributed by atoms with Gasteiger partial charge < -0.3 is 4.79 Å². The molecule has 1 aromatic rings. The molecular formula is C13H18O. The normalized spacial score (nSPS) is 13.6. The van der Waals surface area contributed by atoms with Crippen LogP contribution in [0.2, 0.25) is 0 Å². The highest BCUT2D eigenvalue weighted by Crippen LogP contribution is 2.29. The third-order valence-electron chi connectivity index (χ3n) is 2.52. The van der Waals surface area contributed by atoms with Crippen LogP contribution in [0.25, 0.3) is 0 Å². The van der Waals surface area contributed by atoms with Crippen molar-refractivity contribution in [3.05, 3.63) is 35.9 Å². The van der Waals surface area contributed by atoms with Gasteiger partial charge in [0.25, 0.3) is 0 Å². The number of aldehydes is 1. The molecular weight excluding hydrogens is 172 g/mol. The van der Waals surface area contributed by atoms with Gasteiger partial charge in [-0.25, -0.2) is 0 Å². The van der Waals surface area contributed by atoms with E-state index >= 15 is 0 Å². The third-order valence-corrected chi connectivity index (χ3v) is 2.52. The quantitative estimate of drug-likeness (QED) is 0.665. The van der Waals surface area contributed by atoms with Crippen molar-refractivity contribution in [1.82, 2.24) is 0 Å². The van der Waals surface area contributed by atoms with E-state index in [-0.39, 0.29) is 5.41 Å². The molecule has 0 bridgehead atoms. The van der Waals surface area contributed by atoms with Crippen LogP contribution in [0.5, 0.6) is 0 Å². The highest BCUT2D eigenvalue weighted by Gasteiger charge is 2.20. The Morgan fingerprint density at radius 3 is 2.36 bits per heavy atom. The van der Waals surface area contributed by atoms with Crippen molar-refractivity contribution in [3.8, 4) is 0 Å². The standard InChI is InChI=1S/C13H18O/c1-11(9-13(2,3)10-14)12-7-5-4-6-8-12/h4-8,10-11H,9H2,1-3H3/t11-/m1/s1. The van der Waals surface area contributed by atoms with E-state index in [9.17, 15) is 4.79 Å². The van der Waals surface area contributed by atoms with Crippen LogP contribution in [0, 0.1) is 5.41 Å². The van der Waals surface area contributed by atoms with Gasteiger partial charge in [0.1, 0.15) is 6.29 Å². The Bertz CT molecular complexity index is 287. The van der Waals surface area contributed by atoms with E-state index in [0.717, 1.165) is 12.7 Å². The predicted molar refractivity (Wildman–Crippen MR) is 59.3 cm³/mol. The monoisotopic (exact) mass is 190 g/mol. The summed E-state index contributed by atoms with van der Waals surface area (Å²) in [7, 11) is 0. The minimum absolute atomic E-state index is 0.213. The second kappa shape index (κ2) is 4.41. The topological polar surface area (TPSA) is 17.1 Å². The number of benzene rings is 1. The second-order valence-electron chi connectivity index (χ2n) is 4.62. The Morgan fingerprint density at radius 2 is 1.86 bits per heavy atom. The molecule has 0 spiro atoms. The lowest BCUT2D eigenvalue weighted by atomic mass is 9.82. The van der Waals surface area contributed by atoms with Gasteiger partial charge in [-0.3, -0.25) is 0 Å². The Morgan fingerprint density at radius 1 is 1.29 bits per heavy atom. The average molecular weight is 190 g/mol. The lowest BCUT2D eigenvalue weighted by Gasteiger charge is -2.22. The van der Waals surface area contributed by atoms with E-state index in [1.54, 1.807) is 0 Å². The van der Waals surface area contributed by atoms with Crippen molar-refractivity contribution in [2.24, 2.45) is 5.41 Å². The number of carbonyl (C=O) groups excluding carboxylic acids is 1. The summed E-state index contributed by atoms with van der Waals surface area (Å²) in [5.74, 6) is 0.441. The minimum atomic E-state index is -0.213. The molecule has 0 aliphatic heterocycles. The molecule has 1 rings (SSSR count). The van der Waals surface area contributed by atoms with Crippen molar-refractivity contribution in [2.45, 2.75) is 33.1 Å². The van der Waals surface area contributed by atoms with Crippen molar-refractivity contribution in [3.63, 3.8) is 0 Å². The van der Waals surface area contributed by atoms with Crippen molar-refractivity contribution in [1.29, 1.82) is 0 Å². The fourth-order valence-corrected chi connectivity index (χ4v) is 1.74. The summed E-state index contributed by atoms with van der Waals surface area (Å²) in [4.78, 5) is 10.8. The summed E-state index contributed by atoms with van der Waals surface area (Å²) in [5, 5.41) is 0. The van der Waals surface area contributed by atoms with Crippen molar-refractivity contribution in [2.75, 3.05) is 0 Å². The zero-order valence-corrected chi connectivity index (χ0v) is 9.16. The summed E-state index contributed by atoms with van der Waals surface area (Å²) in [6, 6.07) is 10.3. The number of hydrogen-bond donors (Lipinski definition) is 0. The molecule has 0 aromatic heterocycles. The van der Waals surface area contributed by atoms with Crippen LogP contribution in [-0.2, 0) is 4.79 Å². The van der Waals surface area contributed by atoms with Crippen LogP contribution in [0.15, 0.2) is 30.3 Å². The summed E-state index contributed by atoms with van der Waals surface area (Å²) >= 11 is 0. The third kappa shape index (κ3) is 2.99. The summed E-state index contributed by atoms with van der Waals surface area (Å²) in [5.41, 5.74) is 1.09.